The number of carbonyl (C=O) groups is 1. The molecule has 2 rings (SSSR count). The van der Waals surface area contributed by atoms with Gasteiger partial charge in [0.1, 0.15) is 5.75 Å². The maximum absolute atomic E-state index is 12.3. The molecule has 23 heavy (non-hydrogen) atoms. The second kappa shape index (κ2) is 7.24. The highest BCUT2D eigenvalue weighted by atomic mass is 35.5. The lowest BCUT2D eigenvalue weighted by Gasteiger charge is -2.18. The van der Waals surface area contributed by atoms with Crippen LogP contribution in [0.15, 0.2) is 30.3 Å². The SMILES string of the molecule is Cc1cc(C)c(C)c(O[C@@H](C)C(=O)Nc2cc(Cl)ccc2Cl)c1. The van der Waals surface area contributed by atoms with Crippen molar-refractivity contribution in [2.75, 3.05) is 5.32 Å². The molecule has 2 aromatic carbocycles. The van der Waals surface area contributed by atoms with Crippen LogP contribution in [-0.4, -0.2) is 12.0 Å². The molecule has 3 nitrogen and oxygen atoms in total. The molecule has 0 aliphatic carbocycles. The number of aryl methyl sites for hydroxylation is 2. The van der Waals surface area contributed by atoms with Gasteiger partial charge in [-0.1, -0.05) is 29.3 Å². The molecule has 122 valence electrons. The molecule has 0 saturated heterocycles. The predicted octanol–water partition coefficient (Wildman–Crippen LogP) is 5.32. The van der Waals surface area contributed by atoms with E-state index in [1.807, 2.05) is 26.8 Å². The maximum Gasteiger partial charge on any atom is 0.265 e. The van der Waals surface area contributed by atoms with E-state index in [0.717, 1.165) is 16.7 Å². The highest BCUT2D eigenvalue weighted by Crippen LogP contribution is 2.27. The molecule has 0 unspecified atom stereocenters. The van der Waals surface area contributed by atoms with E-state index in [9.17, 15) is 4.79 Å². The molecule has 0 heterocycles. The van der Waals surface area contributed by atoms with E-state index >= 15 is 0 Å². The summed E-state index contributed by atoms with van der Waals surface area (Å²) in [5.41, 5.74) is 3.71. The molecule has 1 atom stereocenters. The maximum atomic E-state index is 12.3. The first-order valence-corrected chi connectivity index (χ1v) is 8.04. The molecule has 5 heteroatoms. The number of hydrogen-bond donors (Lipinski definition) is 1. The molecule has 0 aromatic heterocycles. The summed E-state index contributed by atoms with van der Waals surface area (Å²) in [5.74, 6) is 0.426. The Morgan fingerprint density at radius 1 is 1.13 bits per heavy atom. The van der Waals surface area contributed by atoms with Crippen LogP contribution >= 0.6 is 23.2 Å². The summed E-state index contributed by atoms with van der Waals surface area (Å²) in [5, 5.41) is 3.67. The minimum absolute atomic E-state index is 0.285. The van der Waals surface area contributed by atoms with Crippen LogP contribution in [0.2, 0.25) is 10.0 Å². The molecular weight excluding hydrogens is 333 g/mol. The van der Waals surface area contributed by atoms with Crippen LogP contribution in [0.5, 0.6) is 5.75 Å². The standard InChI is InChI=1S/C18H19Cl2NO2/c1-10-7-11(2)12(3)17(8-10)23-13(4)18(22)21-16-9-14(19)5-6-15(16)20/h5-9,13H,1-4H3,(H,21,22)/t13-/m0/s1. The van der Waals surface area contributed by atoms with Gasteiger partial charge in [-0.25, -0.2) is 0 Å². The predicted molar refractivity (Wildman–Crippen MR) is 95.8 cm³/mol. The van der Waals surface area contributed by atoms with E-state index in [0.29, 0.717) is 21.5 Å². The van der Waals surface area contributed by atoms with Gasteiger partial charge in [0.05, 0.1) is 10.7 Å². The summed E-state index contributed by atoms with van der Waals surface area (Å²) < 4.78 is 5.82. The van der Waals surface area contributed by atoms with Gasteiger partial charge in [0.25, 0.3) is 5.91 Å². The molecule has 2 aromatic rings. The van der Waals surface area contributed by atoms with Gasteiger partial charge >= 0.3 is 0 Å². The Bertz CT molecular complexity index is 744. The summed E-state index contributed by atoms with van der Waals surface area (Å²) in [7, 11) is 0. The zero-order valence-electron chi connectivity index (χ0n) is 13.5. The van der Waals surface area contributed by atoms with E-state index in [4.69, 9.17) is 27.9 Å². The van der Waals surface area contributed by atoms with Crippen molar-refractivity contribution in [3.63, 3.8) is 0 Å². The lowest BCUT2D eigenvalue weighted by molar-refractivity contribution is -0.122. The molecule has 0 saturated carbocycles. The third-order valence-electron chi connectivity index (χ3n) is 3.62. The van der Waals surface area contributed by atoms with E-state index in [-0.39, 0.29) is 5.91 Å². The number of anilines is 1. The van der Waals surface area contributed by atoms with Crippen molar-refractivity contribution in [1.82, 2.24) is 0 Å². The number of rotatable bonds is 4. The van der Waals surface area contributed by atoms with Gasteiger partial charge < -0.3 is 10.1 Å². The van der Waals surface area contributed by atoms with Crippen molar-refractivity contribution in [2.24, 2.45) is 0 Å². The zero-order valence-corrected chi connectivity index (χ0v) is 15.0. The smallest absolute Gasteiger partial charge is 0.265 e. The summed E-state index contributed by atoms with van der Waals surface area (Å²) in [4.78, 5) is 12.3. The third kappa shape index (κ3) is 4.40. The fraction of sp³-hybridized carbons (Fsp3) is 0.278. The monoisotopic (exact) mass is 351 g/mol. The fourth-order valence-electron chi connectivity index (χ4n) is 2.19. The molecular formula is C18H19Cl2NO2. The average molecular weight is 352 g/mol. The Labute approximate surface area is 146 Å². The van der Waals surface area contributed by atoms with Crippen LogP contribution in [0.3, 0.4) is 0 Å². The number of halogens is 2. The van der Waals surface area contributed by atoms with E-state index in [2.05, 4.69) is 11.4 Å². The first-order valence-electron chi connectivity index (χ1n) is 7.28. The van der Waals surface area contributed by atoms with Gasteiger partial charge in [-0.15, -0.1) is 0 Å². The van der Waals surface area contributed by atoms with Gasteiger partial charge in [0.2, 0.25) is 0 Å². The van der Waals surface area contributed by atoms with Gasteiger partial charge in [-0.2, -0.15) is 0 Å². The van der Waals surface area contributed by atoms with Crippen molar-refractivity contribution < 1.29 is 9.53 Å². The van der Waals surface area contributed by atoms with Crippen molar-refractivity contribution >= 4 is 34.8 Å². The lowest BCUT2D eigenvalue weighted by atomic mass is 10.1. The van der Waals surface area contributed by atoms with Crippen LogP contribution in [-0.2, 0) is 4.79 Å². The second-order valence-electron chi connectivity index (χ2n) is 5.58. The molecule has 1 N–H and O–H groups in total. The second-order valence-corrected chi connectivity index (χ2v) is 6.42. The van der Waals surface area contributed by atoms with Crippen molar-refractivity contribution in [1.29, 1.82) is 0 Å². The zero-order chi connectivity index (χ0) is 17.1. The topological polar surface area (TPSA) is 38.3 Å². The van der Waals surface area contributed by atoms with Gasteiger partial charge in [0.15, 0.2) is 6.10 Å². The van der Waals surface area contributed by atoms with Crippen molar-refractivity contribution in [3.05, 3.63) is 57.1 Å². The number of carbonyl (C=O) groups excluding carboxylic acids is 1. The lowest BCUT2D eigenvalue weighted by Crippen LogP contribution is -2.30. The molecule has 0 aliphatic rings. The first kappa shape index (κ1) is 17.6. The Balaban J connectivity index is 2.13. The largest absolute Gasteiger partial charge is 0.481 e. The quantitative estimate of drug-likeness (QED) is 0.808. The molecule has 0 radical (unpaired) electrons. The summed E-state index contributed by atoms with van der Waals surface area (Å²) in [6, 6.07) is 8.92. The summed E-state index contributed by atoms with van der Waals surface area (Å²) >= 11 is 12.0. The van der Waals surface area contributed by atoms with Crippen molar-refractivity contribution in [2.45, 2.75) is 33.8 Å². The Morgan fingerprint density at radius 2 is 1.83 bits per heavy atom. The number of amides is 1. The highest BCUT2D eigenvalue weighted by molar-refractivity contribution is 6.35. The van der Waals surface area contributed by atoms with Crippen LogP contribution in [0.4, 0.5) is 5.69 Å². The molecule has 0 bridgehead atoms. The number of ether oxygens (including phenoxy) is 1. The molecule has 0 aliphatic heterocycles. The van der Waals surface area contributed by atoms with E-state index in [1.165, 1.54) is 0 Å². The molecule has 0 spiro atoms. The fourth-order valence-corrected chi connectivity index (χ4v) is 2.53. The normalized spacial score (nSPS) is 11.9. The summed E-state index contributed by atoms with van der Waals surface area (Å²) in [6.45, 7) is 7.69. The van der Waals surface area contributed by atoms with E-state index < -0.39 is 6.10 Å². The summed E-state index contributed by atoms with van der Waals surface area (Å²) in [6.07, 6.45) is -0.662. The Hall–Kier alpha value is -1.71. The van der Waals surface area contributed by atoms with Gasteiger partial charge in [-0.05, 0) is 68.7 Å². The average Bonchev–Trinajstić information content (AvgIpc) is 2.47. The Kier molecular flexibility index (Phi) is 5.55. The van der Waals surface area contributed by atoms with Crippen LogP contribution in [0.25, 0.3) is 0 Å². The van der Waals surface area contributed by atoms with Crippen LogP contribution in [0.1, 0.15) is 23.6 Å². The van der Waals surface area contributed by atoms with Crippen LogP contribution < -0.4 is 10.1 Å². The molecule has 0 fully saturated rings. The number of nitrogens with one attached hydrogen (secondary N) is 1. The molecule has 1 amide bonds. The van der Waals surface area contributed by atoms with Crippen molar-refractivity contribution in [3.8, 4) is 5.75 Å². The van der Waals surface area contributed by atoms with E-state index in [1.54, 1.807) is 25.1 Å². The van der Waals surface area contributed by atoms with Gasteiger partial charge in [0, 0.05) is 5.02 Å². The third-order valence-corrected chi connectivity index (χ3v) is 4.19. The minimum Gasteiger partial charge on any atom is -0.481 e. The Morgan fingerprint density at radius 3 is 2.52 bits per heavy atom. The minimum atomic E-state index is -0.662. The first-order chi connectivity index (χ1) is 10.8. The number of hydrogen-bond acceptors (Lipinski definition) is 2. The number of benzene rings is 2. The highest BCUT2D eigenvalue weighted by Gasteiger charge is 2.18. The van der Waals surface area contributed by atoms with Gasteiger partial charge in [-0.3, -0.25) is 4.79 Å². The van der Waals surface area contributed by atoms with Crippen LogP contribution in [0, 0.1) is 20.8 Å².